The summed E-state index contributed by atoms with van der Waals surface area (Å²) < 4.78 is 0. The molecule has 4 nitrogen and oxygen atoms in total. The number of amides is 2. The molecule has 0 radical (unpaired) electrons. The van der Waals surface area contributed by atoms with Gasteiger partial charge in [0, 0.05) is 12.6 Å². The maximum atomic E-state index is 11.6. The van der Waals surface area contributed by atoms with Gasteiger partial charge in [0.25, 0.3) is 0 Å². The Morgan fingerprint density at radius 3 is 2.35 bits per heavy atom. The Labute approximate surface area is 104 Å². The van der Waals surface area contributed by atoms with E-state index in [1.807, 2.05) is 30.3 Å². The van der Waals surface area contributed by atoms with Crippen molar-refractivity contribution in [2.75, 3.05) is 18.1 Å². The molecule has 2 amide bonds. The molecular formula is C12H14N2O2S. The zero-order chi connectivity index (χ0) is 12.3. The van der Waals surface area contributed by atoms with Crippen molar-refractivity contribution in [3.8, 4) is 0 Å². The summed E-state index contributed by atoms with van der Waals surface area (Å²) in [5.41, 5.74) is 6.93. The molecule has 90 valence electrons. The molecule has 0 aliphatic carbocycles. The minimum absolute atomic E-state index is 0.141. The number of nitrogens with zero attached hydrogens (tertiary/aromatic N) is 1. The van der Waals surface area contributed by atoms with Crippen molar-refractivity contribution in [2.24, 2.45) is 5.73 Å². The summed E-state index contributed by atoms with van der Waals surface area (Å²) in [6, 6.07) is 9.18. The predicted octanol–water partition coefficient (Wildman–Crippen LogP) is 0.788. The van der Waals surface area contributed by atoms with Crippen molar-refractivity contribution in [3.05, 3.63) is 35.9 Å². The molecule has 0 saturated carbocycles. The Morgan fingerprint density at radius 2 is 1.76 bits per heavy atom. The number of imide groups is 1. The first-order valence-corrected chi connectivity index (χ1v) is 6.55. The maximum Gasteiger partial charge on any atom is 0.239 e. The van der Waals surface area contributed by atoms with Crippen LogP contribution >= 0.6 is 11.8 Å². The Hall–Kier alpha value is -1.33. The summed E-state index contributed by atoms with van der Waals surface area (Å²) in [7, 11) is 0. The molecule has 0 bridgehead atoms. The van der Waals surface area contributed by atoms with Gasteiger partial charge >= 0.3 is 0 Å². The van der Waals surface area contributed by atoms with E-state index in [1.165, 1.54) is 16.7 Å². The topological polar surface area (TPSA) is 63.4 Å². The van der Waals surface area contributed by atoms with Crippen LogP contribution in [0.2, 0.25) is 0 Å². The van der Waals surface area contributed by atoms with Gasteiger partial charge in [0.2, 0.25) is 11.8 Å². The SMILES string of the molecule is NC(CN1C(=O)CSCC1=O)c1ccccc1. The van der Waals surface area contributed by atoms with Crippen molar-refractivity contribution in [1.29, 1.82) is 0 Å². The zero-order valence-electron chi connectivity index (χ0n) is 9.33. The predicted molar refractivity (Wildman–Crippen MR) is 67.4 cm³/mol. The largest absolute Gasteiger partial charge is 0.322 e. The minimum Gasteiger partial charge on any atom is -0.322 e. The number of carbonyl (C=O) groups excluding carboxylic acids is 2. The number of benzene rings is 1. The third-order valence-corrected chi connectivity index (χ3v) is 3.56. The molecule has 2 N–H and O–H groups in total. The van der Waals surface area contributed by atoms with E-state index in [9.17, 15) is 9.59 Å². The van der Waals surface area contributed by atoms with Crippen molar-refractivity contribution in [3.63, 3.8) is 0 Å². The van der Waals surface area contributed by atoms with Gasteiger partial charge in [-0.2, -0.15) is 0 Å². The van der Waals surface area contributed by atoms with Crippen LogP contribution in [0, 0.1) is 0 Å². The summed E-state index contributed by atoms with van der Waals surface area (Å²) >= 11 is 1.36. The summed E-state index contributed by atoms with van der Waals surface area (Å²) in [6.45, 7) is 0.266. The van der Waals surface area contributed by atoms with Crippen LogP contribution in [-0.4, -0.2) is 34.8 Å². The normalized spacial score (nSPS) is 18.3. The van der Waals surface area contributed by atoms with Crippen LogP contribution in [0.5, 0.6) is 0 Å². The van der Waals surface area contributed by atoms with E-state index in [0.717, 1.165) is 5.56 Å². The smallest absolute Gasteiger partial charge is 0.239 e. The standard InChI is InChI=1S/C12H14N2O2S/c13-10(9-4-2-1-3-5-9)6-14-11(15)7-17-8-12(14)16/h1-5,10H,6-8,13H2. The second-order valence-electron chi connectivity index (χ2n) is 3.91. The number of hydrogen-bond donors (Lipinski definition) is 1. The monoisotopic (exact) mass is 250 g/mol. The average Bonchev–Trinajstić information content (AvgIpc) is 2.35. The van der Waals surface area contributed by atoms with Gasteiger partial charge in [0.15, 0.2) is 0 Å². The van der Waals surface area contributed by atoms with E-state index in [4.69, 9.17) is 5.73 Å². The third kappa shape index (κ3) is 2.87. The fourth-order valence-corrected chi connectivity index (χ4v) is 2.49. The lowest BCUT2D eigenvalue weighted by atomic mass is 10.1. The number of carbonyl (C=O) groups is 2. The molecule has 1 aromatic carbocycles. The maximum absolute atomic E-state index is 11.6. The molecule has 1 atom stereocenters. The number of nitrogens with two attached hydrogens (primary N) is 1. The van der Waals surface area contributed by atoms with Crippen molar-refractivity contribution in [1.82, 2.24) is 4.90 Å². The Morgan fingerprint density at radius 1 is 1.18 bits per heavy atom. The van der Waals surface area contributed by atoms with E-state index in [1.54, 1.807) is 0 Å². The second-order valence-corrected chi connectivity index (χ2v) is 4.89. The molecular weight excluding hydrogens is 236 g/mol. The highest BCUT2D eigenvalue weighted by molar-refractivity contribution is 8.00. The summed E-state index contributed by atoms with van der Waals surface area (Å²) in [4.78, 5) is 24.5. The van der Waals surface area contributed by atoms with Crippen LogP contribution in [0.3, 0.4) is 0 Å². The summed E-state index contributed by atoms with van der Waals surface area (Å²) in [6.07, 6.45) is 0. The minimum atomic E-state index is -0.313. The fraction of sp³-hybridized carbons (Fsp3) is 0.333. The molecule has 1 saturated heterocycles. The van der Waals surface area contributed by atoms with E-state index >= 15 is 0 Å². The molecule has 1 fully saturated rings. The van der Waals surface area contributed by atoms with Crippen LogP contribution in [0.25, 0.3) is 0 Å². The average molecular weight is 250 g/mol. The van der Waals surface area contributed by atoms with Crippen LogP contribution in [0.4, 0.5) is 0 Å². The first-order chi connectivity index (χ1) is 8.18. The highest BCUT2D eigenvalue weighted by Gasteiger charge is 2.27. The molecule has 1 heterocycles. The van der Waals surface area contributed by atoms with Gasteiger partial charge in [0.1, 0.15) is 0 Å². The van der Waals surface area contributed by atoms with Gasteiger partial charge < -0.3 is 5.73 Å². The molecule has 0 aromatic heterocycles. The molecule has 1 aliphatic heterocycles. The molecule has 2 rings (SSSR count). The Bertz CT molecular complexity index is 406. The van der Waals surface area contributed by atoms with Gasteiger partial charge in [-0.05, 0) is 5.56 Å². The fourth-order valence-electron chi connectivity index (χ4n) is 1.73. The Balaban J connectivity index is 2.05. The molecule has 1 aromatic rings. The molecule has 0 spiro atoms. The van der Waals surface area contributed by atoms with Crippen LogP contribution < -0.4 is 5.73 Å². The lowest BCUT2D eigenvalue weighted by molar-refractivity contribution is -0.142. The van der Waals surface area contributed by atoms with Crippen LogP contribution in [0.15, 0.2) is 30.3 Å². The third-order valence-electron chi connectivity index (χ3n) is 2.66. The lowest BCUT2D eigenvalue weighted by Gasteiger charge is -2.27. The number of thioether (sulfide) groups is 1. The van der Waals surface area contributed by atoms with E-state index in [0.29, 0.717) is 11.5 Å². The molecule has 17 heavy (non-hydrogen) atoms. The van der Waals surface area contributed by atoms with E-state index < -0.39 is 0 Å². The van der Waals surface area contributed by atoms with Gasteiger partial charge in [-0.3, -0.25) is 14.5 Å². The first kappa shape index (κ1) is 12.1. The van der Waals surface area contributed by atoms with Crippen molar-refractivity contribution >= 4 is 23.6 Å². The summed E-state index contributed by atoms with van der Waals surface area (Å²) in [5, 5.41) is 0. The highest BCUT2D eigenvalue weighted by Crippen LogP contribution is 2.16. The van der Waals surface area contributed by atoms with E-state index in [2.05, 4.69) is 0 Å². The zero-order valence-corrected chi connectivity index (χ0v) is 10.2. The number of rotatable bonds is 3. The van der Waals surface area contributed by atoms with Gasteiger partial charge in [-0.25, -0.2) is 0 Å². The van der Waals surface area contributed by atoms with Crippen LogP contribution in [-0.2, 0) is 9.59 Å². The van der Waals surface area contributed by atoms with Gasteiger partial charge in [-0.15, -0.1) is 11.8 Å². The first-order valence-electron chi connectivity index (χ1n) is 5.40. The quantitative estimate of drug-likeness (QED) is 0.806. The molecule has 1 unspecified atom stereocenters. The second kappa shape index (κ2) is 5.33. The van der Waals surface area contributed by atoms with Gasteiger partial charge in [-0.1, -0.05) is 30.3 Å². The van der Waals surface area contributed by atoms with Crippen molar-refractivity contribution in [2.45, 2.75) is 6.04 Å². The molecule has 1 aliphatic rings. The molecule has 5 heteroatoms. The van der Waals surface area contributed by atoms with Gasteiger partial charge in [0.05, 0.1) is 11.5 Å². The Kier molecular flexibility index (Phi) is 3.81. The van der Waals surface area contributed by atoms with E-state index in [-0.39, 0.29) is 24.4 Å². The summed E-state index contributed by atoms with van der Waals surface area (Å²) in [5.74, 6) is 0.454. The lowest BCUT2D eigenvalue weighted by Crippen LogP contribution is -2.46. The number of hydrogen-bond acceptors (Lipinski definition) is 4. The van der Waals surface area contributed by atoms with Crippen molar-refractivity contribution < 1.29 is 9.59 Å². The van der Waals surface area contributed by atoms with Crippen LogP contribution in [0.1, 0.15) is 11.6 Å². The highest BCUT2D eigenvalue weighted by atomic mass is 32.2.